The van der Waals surface area contributed by atoms with E-state index >= 15 is 0 Å². The van der Waals surface area contributed by atoms with Gasteiger partial charge in [0, 0.05) is 30.4 Å². The summed E-state index contributed by atoms with van der Waals surface area (Å²) in [6, 6.07) is 11.4. The quantitative estimate of drug-likeness (QED) is 0.825. The Balaban J connectivity index is 2.06. The van der Waals surface area contributed by atoms with Gasteiger partial charge in [-0.3, -0.25) is 9.59 Å². The standard InChI is InChI=1S/C18H14Cl2N2O3/c1-21(2)11-4-3-5-12(9-11)22-17(24)15(16(23)18(22)25)13-7-6-10(19)8-14(13)20/h3-9,23H,1-2H3. The van der Waals surface area contributed by atoms with E-state index in [1.54, 1.807) is 18.2 Å². The third kappa shape index (κ3) is 2.97. The second-order valence-corrected chi connectivity index (χ2v) is 6.55. The molecule has 1 heterocycles. The van der Waals surface area contributed by atoms with Crippen LogP contribution in [-0.2, 0) is 9.59 Å². The molecule has 0 spiro atoms. The predicted molar refractivity (Wildman–Crippen MR) is 99.3 cm³/mol. The molecule has 0 atom stereocenters. The highest BCUT2D eigenvalue weighted by atomic mass is 35.5. The Morgan fingerprint density at radius 1 is 1.00 bits per heavy atom. The summed E-state index contributed by atoms with van der Waals surface area (Å²) in [5.74, 6) is -2.06. The van der Waals surface area contributed by atoms with Crippen LogP contribution >= 0.6 is 23.2 Å². The van der Waals surface area contributed by atoms with Crippen molar-refractivity contribution in [2.24, 2.45) is 0 Å². The van der Waals surface area contributed by atoms with E-state index in [0.29, 0.717) is 10.7 Å². The van der Waals surface area contributed by atoms with Crippen molar-refractivity contribution in [2.75, 3.05) is 23.9 Å². The largest absolute Gasteiger partial charge is 0.502 e. The number of aliphatic hydroxyl groups excluding tert-OH is 1. The minimum Gasteiger partial charge on any atom is -0.502 e. The fraction of sp³-hybridized carbons (Fsp3) is 0.111. The number of anilines is 2. The molecule has 0 saturated heterocycles. The summed E-state index contributed by atoms with van der Waals surface area (Å²) in [5.41, 5.74) is 1.30. The van der Waals surface area contributed by atoms with Crippen LogP contribution in [0.3, 0.4) is 0 Å². The SMILES string of the molecule is CN(C)c1cccc(N2C(=O)C(O)=C(c3ccc(Cl)cc3Cl)C2=O)c1. The van der Waals surface area contributed by atoms with Crippen molar-refractivity contribution in [2.45, 2.75) is 0 Å². The zero-order chi connectivity index (χ0) is 18.3. The number of benzene rings is 2. The summed E-state index contributed by atoms with van der Waals surface area (Å²) < 4.78 is 0. The summed E-state index contributed by atoms with van der Waals surface area (Å²) in [4.78, 5) is 28.1. The highest BCUT2D eigenvalue weighted by Crippen LogP contribution is 2.36. The average Bonchev–Trinajstić information content (AvgIpc) is 2.78. The van der Waals surface area contributed by atoms with E-state index in [0.717, 1.165) is 10.6 Å². The van der Waals surface area contributed by atoms with Crippen LogP contribution in [0.25, 0.3) is 5.57 Å². The van der Waals surface area contributed by atoms with Crippen molar-refractivity contribution < 1.29 is 14.7 Å². The van der Waals surface area contributed by atoms with Gasteiger partial charge in [0.05, 0.1) is 16.3 Å². The molecule has 1 aliphatic rings. The second kappa shape index (κ2) is 6.43. The van der Waals surface area contributed by atoms with Crippen LogP contribution in [0.1, 0.15) is 5.56 Å². The number of carbonyl (C=O) groups excluding carboxylic acids is 2. The van der Waals surface area contributed by atoms with Crippen LogP contribution in [0.2, 0.25) is 10.0 Å². The maximum atomic E-state index is 12.8. The topological polar surface area (TPSA) is 60.9 Å². The van der Waals surface area contributed by atoms with Crippen LogP contribution in [0.5, 0.6) is 0 Å². The summed E-state index contributed by atoms with van der Waals surface area (Å²) >= 11 is 12.0. The number of halogens is 2. The van der Waals surface area contributed by atoms with E-state index in [1.165, 1.54) is 18.2 Å². The molecule has 0 saturated carbocycles. The minimum absolute atomic E-state index is 0.137. The number of nitrogens with zero attached hydrogens (tertiary/aromatic N) is 2. The number of rotatable bonds is 3. The van der Waals surface area contributed by atoms with E-state index in [9.17, 15) is 14.7 Å². The van der Waals surface area contributed by atoms with Crippen molar-refractivity contribution in [3.63, 3.8) is 0 Å². The molecule has 2 aromatic carbocycles. The van der Waals surface area contributed by atoms with Gasteiger partial charge in [-0.1, -0.05) is 35.3 Å². The molecule has 5 nitrogen and oxygen atoms in total. The average molecular weight is 377 g/mol. The highest BCUT2D eigenvalue weighted by molar-refractivity contribution is 6.47. The van der Waals surface area contributed by atoms with Gasteiger partial charge in [0.2, 0.25) is 0 Å². The molecule has 128 valence electrons. The molecule has 3 rings (SSSR count). The smallest absolute Gasteiger partial charge is 0.301 e. The Morgan fingerprint density at radius 2 is 1.72 bits per heavy atom. The lowest BCUT2D eigenvalue weighted by Gasteiger charge is -2.18. The van der Waals surface area contributed by atoms with Crippen molar-refractivity contribution in [3.05, 3.63) is 63.8 Å². The first-order valence-corrected chi connectivity index (χ1v) is 8.11. The molecule has 0 fully saturated rings. The van der Waals surface area contributed by atoms with Gasteiger partial charge in [0.25, 0.3) is 5.91 Å². The van der Waals surface area contributed by atoms with Gasteiger partial charge in [-0.05, 0) is 30.3 Å². The lowest BCUT2D eigenvalue weighted by atomic mass is 10.1. The molecule has 1 aliphatic heterocycles. The fourth-order valence-corrected chi connectivity index (χ4v) is 3.10. The van der Waals surface area contributed by atoms with Crippen molar-refractivity contribution in [1.82, 2.24) is 0 Å². The van der Waals surface area contributed by atoms with Crippen LogP contribution in [0.15, 0.2) is 48.2 Å². The number of amides is 2. The molecule has 0 radical (unpaired) electrons. The summed E-state index contributed by atoms with van der Waals surface area (Å²) in [6.45, 7) is 0. The number of carbonyl (C=O) groups is 2. The Labute approximate surface area is 154 Å². The van der Waals surface area contributed by atoms with Gasteiger partial charge < -0.3 is 10.0 Å². The molecule has 0 bridgehead atoms. The monoisotopic (exact) mass is 376 g/mol. The number of hydrogen-bond donors (Lipinski definition) is 1. The second-order valence-electron chi connectivity index (χ2n) is 5.71. The number of hydrogen-bond acceptors (Lipinski definition) is 4. The fourth-order valence-electron chi connectivity index (χ4n) is 2.60. The summed E-state index contributed by atoms with van der Waals surface area (Å²) in [7, 11) is 3.70. The molecule has 25 heavy (non-hydrogen) atoms. The van der Waals surface area contributed by atoms with Crippen LogP contribution in [0.4, 0.5) is 11.4 Å². The minimum atomic E-state index is -0.790. The van der Waals surface area contributed by atoms with E-state index in [4.69, 9.17) is 23.2 Å². The molecule has 0 aromatic heterocycles. The van der Waals surface area contributed by atoms with Gasteiger partial charge in [-0.15, -0.1) is 0 Å². The third-order valence-corrected chi connectivity index (χ3v) is 4.41. The Morgan fingerprint density at radius 3 is 2.36 bits per heavy atom. The van der Waals surface area contributed by atoms with E-state index < -0.39 is 17.6 Å². The third-order valence-electron chi connectivity index (χ3n) is 3.86. The number of aliphatic hydroxyl groups is 1. The van der Waals surface area contributed by atoms with Crippen LogP contribution < -0.4 is 9.80 Å². The van der Waals surface area contributed by atoms with E-state index in [1.807, 2.05) is 25.1 Å². The lowest BCUT2D eigenvalue weighted by molar-refractivity contribution is -0.121. The maximum absolute atomic E-state index is 12.8. The van der Waals surface area contributed by atoms with Gasteiger partial charge in [-0.25, -0.2) is 4.90 Å². The lowest BCUT2D eigenvalue weighted by Crippen LogP contribution is -2.31. The maximum Gasteiger partial charge on any atom is 0.301 e. The highest BCUT2D eigenvalue weighted by Gasteiger charge is 2.41. The van der Waals surface area contributed by atoms with Gasteiger partial charge in [0.15, 0.2) is 5.76 Å². The molecule has 0 unspecified atom stereocenters. The molecule has 2 amide bonds. The van der Waals surface area contributed by atoms with Crippen molar-refractivity contribution >= 4 is 52.0 Å². The normalized spacial score (nSPS) is 14.5. The van der Waals surface area contributed by atoms with E-state index in [-0.39, 0.29) is 16.2 Å². The predicted octanol–water partition coefficient (Wildman–Crippen LogP) is 3.90. The molecule has 7 heteroatoms. The zero-order valence-electron chi connectivity index (χ0n) is 13.5. The molecule has 2 aromatic rings. The first kappa shape index (κ1) is 17.3. The molecular weight excluding hydrogens is 363 g/mol. The molecular formula is C18H14Cl2N2O3. The first-order chi connectivity index (χ1) is 11.8. The van der Waals surface area contributed by atoms with Crippen LogP contribution in [0, 0.1) is 0 Å². The van der Waals surface area contributed by atoms with E-state index in [2.05, 4.69) is 0 Å². The van der Waals surface area contributed by atoms with Gasteiger partial charge in [-0.2, -0.15) is 0 Å². The van der Waals surface area contributed by atoms with Crippen molar-refractivity contribution in [1.29, 1.82) is 0 Å². The zero-order valence-corrected chi connectivity index (χ0v) is 15.0. The first-order valence-electron chi connectivity index (χ1n) is 7.36. The Kier molecular flexibility index (Phi) is 4.45. The van der Waals surface area contributed by atoms with Gasteiger partial charge in [0.1, 0.15) is 0 Å². The number of imide groups is 1. The Hall–Kier alpha value is -2.50. The Bertz CT molecular complexity index is 922. The van der Waals surface area contributed by atoms with Gasteiger partial charge >= 0.3 is 5.91 Å². The summed E-state index contributed by atoms with van der Waals surface area (Å²) in [5, 5.41) is 10.8. The van der Waals surface area contributed by atoms with Crippen molar-refractivity contribution in [3.8, 4) is 0 Å². The van der Waals surface area contributed by atoms with Crippen LogP contribution in [-0.4, -0.2) is 31.0 Å². The molecule has 0 aliphatic carbocycles. The molecule has 1 N–H and O–H groups in total. The summed E-state index contributed by atoms with van der Waals surface area (Å²) in [6.07, 6.45) is 0.